The minimum absolute atomic E-state index is 0. The van der Waals surface area contributed by atoms with E-state index in [1.165, 1.54) is 21.5 Å². The van der Waals surface area contributed by atoms with Crippen LogP contribution in [0.4, 0.5) is 0 Å². The second kappa shape index (κ2) is 6.97. The molecule has 0 radical (unpaired) electrons. The summed E-state index contributed by atoms with van der Waals surface area (Å²) in [7, 11) is -1.88. The van der Waals surface area contributed by atoms with Gasteiger partial charge in [-0.05, 0) is 0 Å². The third-order valence-electron chi connectivity index (χ3n) is 3.81. The molecule has 0 unspecified atom stereocenters. The Morgan fingerprint density at radius 2 is 1.61 bits per heavy atom. The fourth-order valence-corrected chi connectivity index (χ4v) is 7.22. The fraction of sp³-hybridized carbons (Fsp3) is 0.471. The summed E-state index contributed by atoms with van der Waals surface area (Å²) in [6, 6.07) is 6.47. The van der Waals surface area contributed by atoms with Gasteiger partial charge in [-0.3, -0.25) is 0 Å². The van der Waals surface area contributed by atoms with Gasteiger partial charge in [-0.25, -0.2) is 0 Å². The van der Waals surface area contributed by atoms with E-state index in [9.17, 15) is 0 Å². The summed E-state index contributed by atoms with van der Waals surface area (Å²) in [5.41, 5.74) is 1.32. The second-order valence-corrected chi connectivity index (χ2v) is 11.2. The molecule has 0 N–H and O–H groups in total. The zero-order valence-electron chi connectivity index (χ0n) is 15.7. The van der Waals surface area contributed by atoms with Crippen LogP contribution in [0.15, 0.2) is 18.2 Å². The van der Waals surface area contributed by atoms with Crippen LogP contribution in [0.1, 0.15) is 26.3 Å². The Morgan fingerprint density at radius 3 is 2.17 bits per heavy atom. The molecule has 6 heteroatoms. The van der Waals surface area contributed by atoms with Gasteiger partial charge in [0.1, 0.15) is 11.5 Å². The molecular weight excluding hydrogens is 292 g/mol. The quantitative estimate of drug-likeness (QED) is 0.483. The first kappa shape index (κ1) is 20.8. The first-order valence-corrected chi connectivity index (χ1v) is 10.4. The van der Waals surface area contributed by atoms with E-state index in [0.29, 0.717) is 6.79 Å². The number of hydrogen-bond donors (Lipinski definition) is 0. The Labute approximate surface area is 164 Å². The van der Waals surface area contributed by atoms with Crippen molar-refractivity contribution >= 4 is 24.2 Å². The van der Waals surface area contributed by atoms with Crippen molar-refractivity contribution < 1.29 is 47.2 Å². The maximum absolute atomic E-state index is 5.55. The van der Waals surface area contributed by atoms with Gasteiger partial charge in [-0.15, -0.1) is 21.9 Å². The number of fused-ring (bicyclic) bond motifs is 2. The molecule has 0 amide bonds. The van der Waals surface area contributed by atoms with Crippen LogP contribution in [0, 0.1) is 6.92 Å². The number of rotatable bonds is 2. The van der Waals surface area contributed by atoms with E-state index in [0.717, 1.165) is 11.5 Å². The van der Waals surface area contributed by atoms with Crippen molar-refractivity contribution in [1.82, 2.24) is 0 Å². The number of benzene rings is 1. The van der Waals surface area contributed by atoms with Crippen LogP contribution in [0.25, 0.3) is 15.8 Å². The van der Waals surface area contributed by atoms with Crippen molar-refractivity contribution in [2.75, 3.05) is 6.79 Å². The van der Waals surface area contributed by atoms with Gasteiger partial charge in [-0.2, -0.15) is 11.3 Å². The Morgan fingerprint density at radius 1 is 1.04 bits per heavy atom. The van der Waals surface area contributed by atoms with Crippen LogP contribution in [-0.2, 0) is 0 Å². The van der Waals surface area contributed by atoms with E-state index in [1.807, 2.05) is 0 Å². The summed E-state index contributed by atoms with van der Waals surface area (Å²) >= 11 is 0. The maximum atomic E-state index is 5.55. The maximum Gasteiger partial charge on any atom is 1.00 e. The predicted molar refractivity (Wildman–Crippen MR) is 90.6 cm³/mol. The standard InChI is InChI=1S/C17H23NO2Si.2Li/c1-11-7-12-8-14-15(20-10-19-14)9-13(12)16(11)21(5,6)18-17(2,3)4;;/h7-9H,10H2,1-6H3;;/q-2;2*+1. The molecule has 0 aromatic heterocycles. The van der Waals surface area contributed by atoms with E-state index in [4.69, 9.17) is 14.5 Å². The molecule has 114 valence electrons. The monoisotopic (exact) mass is 315 g/mol. The minimum atomic E-state index is -1.88. The number of hydrogen-bond acceptors (Lipinski definition) is 2. The number of aryl methyl sites for hydroxylation is 1. The van der Waals surface area contributed by atoms with E-state index >= 15 is 0 Å². The van der Waals surface area contributed by atoms with Gasteiger partial charge in [0.2, 0.25) is 6.79 Å². The Balaban J connectivity index is 0.00000132. The molecular formula is C17H23Li2NO2Si. The van der Waals surface area contributed by atoms with Crippen LogP contribution >= 0.6 is 0 Å². The van der Waals surface area contributed by atoms with E-state index in [-0.39, 0.29) is 43.3 Å². The Kier molecular flexibility index (Phi) is 6.31. The van der Waals surface area contributed by atoms with Crippen LogP contribution in [0.2, 0.25) is 13.1 Å². The molecule has 2 aromatic carbocycles. The molecule has 3 nitrogen and oxygen atoms in total. The minimum Gasteiger partial charge on any atom is -0.663 e. The first-order chi connectivity index (χ1) is 9.67. The SMILES string of the molecule is Cc1cc2cc3c(cc2[c-]1[Si](C)(C)[N-]C(C)(C)C)OCO3.[Li+].[Li+]. The molecule has 3 rings (SSSR count). The summed E-state index contributed by atoms with van der Waals surface area (Å²) in [5, 5.41) is 3.93. The van der Waals surface area contributed by atoms with Crippen LogP contribution in [0.3, 0.4) is 0 Å². The molecule has 1 heterocycles. The van der Waals surface area contributed by atoms with Gasteiger partial charge in [-0.1, -0.05) is 61.2 Å². The molecule has 0 fully saturated rings. The summed E-state index contributed by atoms with van der Waals surface area (Å²) in [5.74, 6) is 1.71. The molecule has 0 spiro atoms. The molecule has 23 heavy (non-hydrogen) atoms. The van der Waals surface area contributed by atoms with Crippen molar-refractivity contribution in [3.8, 4) is 11.5 Å². The van der Waals surface area contributed by atoms with E-state index in [1.54, 1.807) is 0 Å². The summed E-state index contributed by atoms with van der Waals surface area (Å²) < 4.78 is 11.0. The van der Waals surface area contributed by atoms with Gasteiger partial charge < -0.3 is 14.5 Å². The van der Waals surface area contributed by atoms with Crippen molar-refractivity contribution in [2.45, 2.75) is 46.3 Å². The van der Waals surface area contributed by atoms with Crippen LogP contribution in [0.5, 0.6) is 11.5 Å². The predicted octanol–water partition coefficient (Wildman–Crippen LogP) is -1.81. The van der Waals surface area contributed by atoms with Crippen molar-refractivity contribution in [3.63, 3.8) is 0 Å². The summed E-state index contributed by atoms with van der Waals surface area (Å²) in [4.78, 5) is 5.16. The molecule has 0 aliphatic carbocycles. The van der Waals surface area contributed by atoms with E-state index < -0.39 is 8.24 Å². The third kappa shape index (κ3) is 4.08. The number of ether oxygens (including phenoxy) is 2. The summed E-state index contributed by atoms with van der Waals surface area (Å²) in [6.45, 7) is 13.7. The van der Waals surface area contributed by atoms with Gasteiger partial charge in [0, 0.05) is 0 Å². The average Bonchev–Trinajstić information content (AvgIpc) is 2.83. The van der Waals surface area contributed by atoms with Crippen molar-refractivity contribution in [3.05, 3.63) is 28.7 Å². The average molecular weight is 315 g/mol. The van der Waals surface area contributed by atoms with Gasteiger partial charge in [0.25, 0.3) is 0 Å². The zero-order valence-corrected chi connectivity index (χ0v) is 16.7. The van der Waals surface area contributed by atoms with Gasteiger partial charge in [0.15, 0.2) is 0 Å². The molecule has 0 atom stereocenters. The van der Waals surface area contributed by atoms with Crippen molar-refractivity contribution in [2.24, 2.45) is 0 Å². The largest absolute Gasteiger partial charge is 1.00 e. The normalized spacial score (nSPS) is 13.7. The molecule has 0 saturated heterocycles. The zero-order chi connectivity index (χ0) is 15.4. The van der Waals surface area contributed by atoms with Gasteiger partial charge in [0.05, 0.1) is 0 Å². The van der Waals surface area contributed by atoms with Crippen molar-refractivity contribution in [1.29, 1.82) is 0 Å². The molecule has 1 aliphatic heterocycles. The first-order valence-electron chi connectivity index (χ1n) is 7.41. The summed E-state index contributed by atoms with van der Waals surface area (Å²) in [6.07, 6.45) is 0. The fourth-order valence-electron chi connectivity index (χ4n) is 3.52. The van der Waals surface area contributed by atoms with Gasteiger partial charge >= 0.3 is 37.7 Å². The van der Waals surface area contributed by atoms with E-state index in [2.05, 4.69) is 59.0 Å². The molecule has 0 bridgehead atoms. The smallest absolute Gasteiger partial charge is 0.663 e. The number of nitrogens with zero attached hydrogens (tertiary/aromatic N) is 1. The van der Waals surface area contributed by atoms with Crippen LogP contribution in [-0.4, -0.2) is 20.6 Å². The Hall–Kier alpha value is -0.198. The van der Waals surface area contributed by atoms with Crippen LogP contribution < -0.4 is 52.4 Å². The third-order valence-corrected chi connectivity index (χ3v) is 6.92. The molecule has 1 aliphatic rings. The Bertz CT molecular complexity index is 705. The molecule has 0 saturated carbocycles. The topological polar surface area (TPSA) is 32.6 Å². The molecule has 2 aromatic rings. The second-order valence-electron chi connectivity index (χ2n) is 7.34.